The molecule has 0 bridgehead atoms. The molecule has 3 rings (SSSR count). The van der Waals surface area contributed by atoms with Crippen molar-refractivity contribution in [3.05, 3.63) is 53.2 Å². The van der Waals surface area contributed by atoms with E-state index < -0.39 is 5.97 Å². The van der Waals surface area contributed by atoms with Gasteiger partial charge in [0.05, 0.1) is 19.4 Å². The number of hydrazone groups is 1. The van der Waals surface area contributed by atoms with Crippen LogP contribution in [0.1, 0.15) is 48.3 Å². The maximum Gasteiger partial charge on any atom is 0.357 e. The lowest BCUT2D eigenvalue weighted by molar-refractivity contribution is 0.0193. The Labute approximate surface area is 203 Å². The van der Waals surface area contributed by atoms with Crippen molar-refractivity contribution < 1.29 is 14.3 Å². The Bertz CT molecular complexity index is 938. The van der Waals surface area contributed by atoms with Gasteiger partial charge < -0.3 is 14.4 Å². The Hall–Kier alpha value is -2.97. The summed E-state index contributed by atoms with van der Waals surface area (Å²) in [5, 5.41) is 4.34. The van der Waals surface area contributed by atoms with Crippen LogP contribution in [-0.4, -0.2) is 74.6 Å². The average molecular weight is 468 g/mol. The van der Waals surface area contributed by atoms with Crippen LogP contribution in [0.5, 0.6) is 0 Å². The molecule has 0 unspecified atom stereocenters. The van der Waals surface area contributed by atoms with Crippen molar-refractivity contribution >= 4 is 23.7 Å². The lowest BCUT2D eigenvalue weighted by Gasteiger charge is -2.26. The fraction of sp³-hybridized carbons (Fsp3) is 0.500. The van der Waals surface area contributed by atoms with Gasteiger partial charge in [0.25, 0.3) is 0 Å². The Morgan fingerprint density at radius 2 is 1.97 bits per heavy atom. The number of aryl methyl sites for hydroxylation is 1. The molecule has 1 saturated heterocycles. The zero-order chi connectivity index (χ0) is 24.2. The number of nitrogens with one attached hydrogen (secondary N) is 1. The fourth-order valence-corrected chi connectivity index (χ4v) is 3.86. The molecule has 2 heterocycles. The lowest BCUT2D eigenvalue weighted by Crippen LogP contribution is -2.38. The van der Waals surface area contributed by atoms with Crippen LogP contribution >= 0.6 is 0 Å². The predicted molar refractivity (Wildman–Crippen MR) is 137 cm³/mol. The zero-order valence-electron chi connectivity index (χ0n) is 20.6. The standard InChI is InChI=1S/C26H37N5O3/c1-4-9-31(10-5-2)23-18-24(26(32)34-16-13-30-11-14-33-15-12-30)28-25(19-23)29-27-20-22-8-6-7-21(3)17-22/h6-8,17-20H,4-5,9-16H2,1-3H3,(H,28,29)/b27-20+. The van der Waals surface area contributed by atoms with Crippen LogP contribution in [0.2, 0.25) is 0 Å². The number of ether oxygens (including phenoxy) is 2. The minimum atomic E-state index is -0.422. The van der Waals surface area contributed by atoms with Crippen LogP contribution < -0.4 is 10.3 Å². The van der Waals surface area contributed by atoms with Crippen molar-refractivity contribution in [3.63, 3.8) is 0 Å². The van der Waals surface area contributed by atoms with Gasteiger partial charge in [0.2, 0.25) is 0 Å². The van der Waals surface area contributed by atoms with Crippen molar-refractivity contribution in [2.24, 2.45) is 5.10 Å². The number of rotatable bonds is 12. The van der Waals surface area contributed by atoms with Gasteiger partial charge in [0.15, 0.2) is 5.69 Å². The first kappa shape index (κ1) is 25.6. The Morgan fingerprint density at radius 3 is 2.68 bits per heavy atom. The summed E-state index contributed by atoms with van der Waals surface area (Å²) < 4.78 is 10.9. The molecule has 8 nitrogen and oxygen atoms in total. The molecule has 34 heavy (non-hydrogen) atoms. The van der Waals surface area contributed by atoms with Gasteiger partial charge >= 0.3 is 5.97 Å². The maximum atomic E-state index is 12.8. The monoisotopic (exact) mass is 467 g/mol. The molecule has 0 atom stereocenters. The van der Waals surface area contributed by atoms with Gasteiger partial charge in [-0.1, -0.05) is 43.7 Å². The van der Waals surface area contributed by atoms with E-state index in [1.165, 1.54) is 5.56 Å². The van der Waals surface area contributed by atoms with E-state index in [9.17, 15) is 4.79 Å². The summed E-state index contributed by atoms with van der Waals surface area (Å²) in [7, 11) is 0. The molecule has 1 aromatic heterocycles. The maximum absolute atomic E-state index is 12.8. The third kappa shape index (κ3) is 8.11. The molecule has 184 valence electrons. The van der Waals surface area contributed by atoms with E-state index in [1.54, 1.807) is 6.21 Å². The normalized spacial score (nSPS) is 14.3. The number of morpholine rings is 1. The smallest absolute Gasteiger partial charge is 0.357 e. The number of carbonyl (C=O) groups is 1. The van der Waals surface area contributed by atoms with Gasteiger partial charge in [-0.25, -0.2) is 9.78 Å². The molecule has 1 aromatic carbocycles. The van der Waals surface area contributed by atoms with Crippen molar-refractivity contribution in [1.82, 2.24) is 9.88 Å². The second kappa shape index (κ2) is 13.7. The summed E-state index contributed by atoms with van der Waals surface area (Å²) in [6.45, 7) is 12.3. The van der Waals surface area contributed by atoms with Gasteiger partial charge in [-0.3, -0.25) is 10.3 Å². The molecule has 0 aliphatic carbocycles. The van der Waals surface area contributed by atoms with Crippen LogP contribution in [0.4, 0.5) is 11.5 Å². The molecule has 1 aliphatic rings. The molecule has 1 aliphatic heterocycles. The largest absolute Gasteiger partial charge is 0.460 e. The number of anilines is 2. The highest BCUT2D eigenvalue weighted by Crippen LogP contribution is 2.21. The molecule has 0 radical (unpaired) electrons. The van der Waals surface area contributed by atoms with Crippen LogP contribution in [0.25, 0.3) is 0 Å². The second-order valence-electron chi connectivity index (χ2n) is 8.46. The Balaban J connectivity index is 1.73. The summed E-state index contributed by atoms with van der Waals surface area (Å²) in [6.07, 6.45) is 3.77. The highest BCUT2D eigenvalue weighted by molar-refractivity contribution is 5.89. The number of aromatic nitrogens is 1. The van der Waals surface area contributed by atoms with E-state index >= 15 is 0 Å². The molecule has 0 amide bonds. The predicted octanol–water partition coefficient (Wildman–Crippen LogP) is 3.95. The SMILES string of the molecule is CCCN(CCC)c1cc(N/N=C/c2cccc(C)c2)nc(C(=O)OCCN2CCOCC2)c1. The number of esters is 1. The lowest BCUT2D eigenvalue weighted by atomic mass is 10.2. The van der Waals surface area contributed by atoms with Crippen LogP contribution in [-0.2, 0) is 9.47 Å². The first-order valence-corrected chi connectivity index (χ1v) is 12.2. The number of benzene rings is 1. The Morgan fingerprint density at radius 1 is 1.21 bits per heavy atom. The minimum Gasteiger partial charge on any atom is -0.460 e. The van der Waals surface area contributed by atoms with Crippen LogP contribution in [0, 0.1) is 6.92 Å². The van der Waals surface area contributed by atoms with Crippen molar-refractivity contribution in [3.8, 4) is 0 Å². The van der Waals surface area contributed by atoms with Crippen molar-refractivity contribution in [1.29, 1.82) is 0 Å². The molecule has 1 N–H and O–H groups in total. The van der Waals surface area contributed by atoms with Gasteiger partial charge in [0, 0.05) is 44.5 Å². The number of hydrogen-bond acceptors (Lipinski definition) is 8. The van der Waals surface area contributed by atoms with E-state index in [-0.39, 0.29) is 5.69 Å². The van der Waals surface area contributed by atoms with E-state index in [1.807, 2.05) is 37.3 Å². The highest BCUT2D eigenvalue weighted by Gasteiger charge is 2.16. The molecule has 1 fully saturated rings. The second-order valence-corrected chi connectivity index (χ2v) is 8.46. The molecule has 8 heteroatoms. The molecular weight excluding hydrogens is 430 g/mol. The summed E-state index contributed by atoms with van der Waals surface area (Å²) in [5.74, 6) is 0.0903. The molecule has 0 saturated carbocycles. The number of nitrogens with zero attached hydrogens (tertiary/aromatic N) is 4. The summed E-state index contributed by atoms with van der Waals surface area (Å²) in [6, 6.07) is 11.8. The average Bonchev–Trinajstić information content (AvgIpc) is 2.84. The number of pyridine rings is 1. The Kier molecular flexibility index (Phi) is 10.3. The summed E-state index contributed by atoms with van der Waals surface area (Å²) in [4.78, 5) is 21.8. The molecule has 2 aromatic rings. The molecular formula is C26H37N5O3. The van der Waals surface area contributed by atoms with Crippen molar-refractivity contribution in [2.75, 3.05) is 62.9 Å². The van der Waals surface area contributed by atoms with Gasteiger partial charge in [0.1, 0.15) is 12.4 Å². The van der Waals surface area contributed by atoms with E-state index in [0.717, 1.165) is 63.5 Å². The quantitative estimate of drug-likeness (QED) is 0.288. The first-order valence-electron chi connectivity index (χ1n) is 12.2. The zero-order valence-corrected chi connectivity index (χ0v) is 20.6. The summed E-state index contributed by atoms with van der Waals surface area (Å²) in [5.41, 5.74) is 6.37. The number of carbonyl (C=O) groups excluding carboxylic acids is 1. The minimum absolute atomic E-state index is 0.282. The van der Waals surface area contributed by atoms with Crippen LogP contribution in [0.3, 0.4) is 0 Å². The third-order valence-corrected chi connectivity index (χ3v) is 5.55. The highest BCUT2D eigenvalue weighted by atomic mass is 16.5. The molecule has 0 spiro atoms. The third-order valence-electron chi connectivity index (χ3n) is 5.55. The van der Waals surface area contributed by atoms with E-state index in [0.29, 0.717) is 19.0 Å². The van der Waals surface area contributed by atoms with E-state index in [2.05, 4.69) is 45.2 Å². The van der Waals surface area contributed by atoms with Crippen LogP contribution in [0.15, 0.2) is 41.5 Å². The van der Waals surface area contributed by atoms with Crippen molar-refractivity contribution in [2.45, 2.75) is 33.6 Å². The van der Waals surface area contributed by atoms with Gasteiger partial charge in [-0.15, -0.1) is 0 Å². The van der Waals surface area contributed by atoms with E-state index in [4.69, 9.17) is 9.47 Å². The topological polar surface area (TPSA) is 79.3 Å². The first-order chi connectivity index (χ1) is 16.6. The number of hydrogen-bond donors (Lipinski definition) is 1. The summed E-state index contributed by atoms with van der Waals surface area (Å²) >= 11 is 0. The fourth-order valence-electron chi connectivity index (χ4n) is 3.86. The van der Waals surface area contributed by atoms with Gasteiger partial charge in [-0.05, 0) is 31.4 Å². The van der Waals surface area contributed by atoms with Gasteiger partial charge in [-0.2, -0.15) is 5.10 Å².